The molecule has 0 N–H and O–H groups in total. The fourth-order valence-electron chi connectivity index (χ4n) is 3.90. The third-order valence-corrected chi connectivity index (χ3v) is 5.64. The lowest BCUT2D eigenvalue weighted by atomic mass is 9.80. The molecule has 1 fully saturated rings. The molecule has 0 heterocycles. The summed E-state index contributed by atoms with van der Waals surface area (Å²) in [5, 5.41) is 0. The number of nitrogens with zero attached hydrogens (tertiary/aromatic N) is 1. The zero-order valence-corrected chi connectivity index (χ0v) is 15.8. The number of allylic oxidation sites excluding steroid dienone is 1. The smallest absolute Gasteiger partial charge is 0.0236 e. The van der Waals surface area contributed by atoms with Gasteiger partial charge in [0.1, 0.15) is 0 Å². The molecule has 25 heavy (non-hydrogen) atoms. The molecule has 3 rings (SSSR count). The molecule has 1 saturated carbocycles. The second-order valence-corrected chi connectivity index (χ2v) is 7.43. The topological polar surface area (TPSA) is 3.24 Å². The first-order chi connectivity index (χ1) is 12.2. The van der Waals surface area contributed by atoms with Gasteiger partial charge in [0.2, 0.25) is 0 Å². The maximum Gasteiger partial charge on any atom is 0.0236 e. The Kier molecular flexibility index (Phi) is 6.09. The van der Waals surface area contributed by atoms with Crippen molar-refractivity contribution in [1.82, 2.24) is 4.90 Å². The van der Waals surface area contributed by atoms with Gasteiger partial charge in [0.15, 0.2) is 0 Å². The van der Waals surface area contributed by atoms with Crippen LogP contribution in [0.1, 0.15) is 50.2 Å². The molecule has 0 unspecified atom stereocenters. The Balaban J connectivity index is 1.96. The van der Waals surface area contributed by atoms with E-state index in [4.69, 9.17) is 0 Å². The Morgan fingerprint density at radius 3 is 2.40 bits per heavy atom. The zero-order chi connectivity index (χ0) is 17.6. The molecule has 0 radical (unpaired) electrons. The Labute approximate surface area is 153 Å². The normalized spacial score (nSPS) is 15.5. The van der Waals surface area contributed by atoms with Crippen molar-refractivity contribution >= 4 is 5.57 Å². The molecule has 0 aromatic heterocycles. The van der Waals surface area contributed by atoms with Gasteiger partial charge < -0.3 is 4.90 Å². The van der Waals surface area contributed by atoms with Gasteiger partial charge >= 0.3 is 0 Å². The Hall–Kier alpha value is -1.86. The molecule has 2 aromatic carbocycles. The molecule has 2 aromatic rings. The molecule has 132 valence electrons. The fourth-order valence-corrected chi connectivity index (χ4v) is 3.90. The van der Waals surface area contributed by atoms with Crippen molar-refractivity contribution in [1.29, 1.82) is 0 Å². The van der Waals surface area contributed by atoms with Crippen molar-refractivity contribution in [2.75, 3.05) is 13.6 Å². The predicted molar refractivity (Wildman–Crippen MR) is 109 cm³/mol. The van der Waals surface area contributed by atoms with Gasteiger partial charge in [0.25, 0.3) is 0 Å². The van der Waals surface area contributed by atoms with E-state index in [1.165, 1.54) is 59.9 Å². The summed E-state index contributed by atoms with van der Waals surface area (Å²) in [6, 6.07) is 17.7. The molecule has 0 amide bonds. The molecule has 1 aliphatic carbocycles. The van der Waals surface area contributed by atoms with E-state index in [1.54, 1.807) is 0 Å². The van der Waals surface area contributed by atoms with Crippen LogP contribution in [-0.2, 0) is 6.54 Å². The third kappa shape index (κ3) is 4.41. The first kappa shape index (κ1) is 17.9. The highest BCUT2D eigenvalue weighted by atomic mass is 15.1. The third-order valence-electron chi connectivity index (χ3n) is 5.64. The number of rotatable bonds is 6. The first-order valence-electron chi connectivity index (χ1n) is 9.75. The number of hydrogen-bond acceptors (Lipinski definition) is 1. The van der Waals surface area contributed by atoms with Crippen molar-refractivity contribution in [3.63, 3.8) is 0 Å². The average Bonchev–Trinajstić information content (AvgIpc) is 2.69. The van der Waals surface area contributed by atoms with Crippen LogP contribution in [0.25, 0.3) is 16.7 Å². The minimum atomic E-state index is 0.658. The highest BCUT2D eigenvalue weighted by molar-refractivity contribution is 5.74. The summed E-state index contributed by atoms with van der Waals surface area (Å²) in [6.07, 6.45) is 6.70. The Bertz CT molecular complexity index is 695. The molecule has 0 spiro atoms. The molecule has 0 bridgehead atoms. The fraction of sp³-hybridized carbons (Fsp3) is 0.417. The van der Waals surface area contributed by atoms with Gasteiger partial charge in [0, 0.05) is 6.54 Å². The van der Waals surface area contributed by atoms with Crippen LogP contribution in [0.15, 0.2) is 55.1 Å². The number of benzene rings is 2. The van der Waals surface area contributed by atoms with Crippen LogP contribution in [0.3, 0.4) is 0 Å². The largest absolute Gasteiger partial charge is 0.302 e. The maximum absolute atomic E-state index is 4.56. The lowest BCUT2D eigenvalue weighted by Gasteiger charge is -2.27. The predicted octanol–water partition coefficient (Wildman–Crippen LogP) is 6.40. The van der Waals surface area contributed by atoms with Crippen molar-refractivity contribution in [2.45, 2.75) is 45.6 Å². The van der Waals surface area contributed by atoms with E-state index >= 15 is 0 Å². The minimum absolute atomic E-state index is 0.658. The highest BCUT2D eigenvalue weighted by Crippen LogP contribution is 2.37. The monoisotopic (exact) mass is 333 g/mol. The first-order valence-corrected chi connectivity index (χ1v) is 9.75. The highest BCUT2D eigenvalue weighted by Gasteiger charge is 2.20. The van der Waals surface area contributed by atoms with Crippen molar-refractivity contribution < 1.29 is 0 Å². The quantitative estimate of drug-likeness (QED) is 0.591. The Morgan fingerprint density at radius 2 is 1.72 bits per heavy atom. The van der Waals surface area contributed by atoms with Crippen molar-refractivity contribution in [3.8, 4) is 11.1 Å². The number of hydrogen-bond donors (Lipinski definition) is 0. The van der Waals surface area contributed by atoms with Crippen LogP contribution in [0.5, 0.6) is 0 Å². The van der Waals surface area contributed by atoms with E-state index in [0.717, 1.165) is 13.1 Å². The summed E-state index contributed by atoms with van der Waals surface area (Å²) in [7, 11) is 2.19. The van der Waals surface area contributed by atoms with Gasteiger partial charge in [0.05, 0.1) is 0 Å². The molecule has 0 aliphatic heterocycles. The van der Waals surface area contributed by atoms with Crippen LogP contribution < -0.4 is 0 Å². The van der Waals surface area contributed by atoms with Gasteiger partial charge in [-0.3, -0.25) is 0 Å². The minimum Gasteiger partial charge on any atom is -0.302 e. The lowest BCUT2D eigenvalue weighted by molar-refractivity contribution is 0.345. The van der Waals surface area contributed by atoms with Gasteiger partial charge in [-0.1, -0.05) is 75.2 Å². The lowest BCUT2D eigenvalue weighted by Crippen LogP contribution is -2.18. The molecular weight excluding hydrogens is 302 g/mol. The van der Waals surface area contributed by atoms with Crippen LogP contribution in [0.4, 0.5) is 0 Å². The second kappa shape index (κ2) is 8.49. The molecule has 1 heteroatoms. The van der Waals surface area contributed by atoms with Gasteiger partial charge in [-0.2, -0.15) is 0 Å². The van der Waals surface area contributed by atoms with E-state index in [1.807, 2.05) is 0 Å². The van der Waals surface area contributed by atoms with Crippen molar-refractivity contribution in [3.05, 3.63) is 66.2 Å². The summed E-state index contributed by atoms with van der Waals surface area (Å²) in [5.74, 6) is 0.658. The van der Waals surface area contributed by atoms with Gasteiger partial charge in [-0.15, -0.1) is 0 Å². The standard InChI is InChI=1S/C24H31N/c1-4-25(3)18-23-16-15-22(21-13-9-6-10-14-21)17-24(23)19(2)20-11-7-5-8-12-20/h6,9-10,13-17,20H,2,4-5,7-8,11-12,18H2,1,3H3. The summed E-state index contributed by atoms with van der Waals surface area (Å²) in [6.45, 7) is 8.83. The zero-order valence-electron chi connectivity index (χ0n) is 15.8. The SMILES string of the molecule is C=C(c1cc(-c2ccccc2)ccc1CN(C)CC)C1CCCCC1. The van der Waals surface area contributed by atoms with Crippen LogP contribution >= 0.6 is 0 Å². The average molecular weight is 334 g/mol. The summed E-state index contributed by atoms with van der Waals surface area (Å²) in [4.78, 5) is 2.37. The summed E-state index contributed by atoms with van der Waals surface area (Å²) < 4.78 is 0. The van der Waals surface area contributed by atoms with Crippen LogP contribution in [0, 0.1) is 5.92 Å². The molecular formula is C24H31N. The van der Waals surface area contributed by atoms with Crippen LogP contribution in [0.2, 0.25) is 0 Å². The second-order valence-electron chi connectivity index (χ2n) is 7.43. The molecule has 1 nitrogen and oxygen atoms in total. The van der Waals surface area contributed by atoms with Crippen molar-refractivity contribution in [2.24, 2.45) is 5.92 Å². The molecule has 1 aliphatic rings. The van der Waals surface area contributed by atoms with E-state index in [0.29, 0.717) is 5.92 Å². The summed E-state index contributed by atoms with van der Waals surface area (Å²) in [5.41, 5.74) is 6.75. The van der Waals surface area contributed by atoms with E-state index in [9.17, 15) is 0 Å². The molecule has 0 atom stereocenters. The maximum atomic E-state index is 4.56. The Morgan fingerprint density at radius 1 is 1.00 bits per heavy atom. The van der Waals surface area contributed by atoms with E-state index < -0.39 is 0 Å². The van der Waals surface area contributed by atoms with Gasteiger partial charge in [-0.05, 0) is 66.2 Å². The summed E-state index contributed by atoms with van der Waals surface area (Å²) >= 11 is 0. The van der Waals surface area contributed by atoms with E-state index in [2.05, 4.69) is 74.0 Å². The van der Waals surface area contributed by atoms with E-state index in [-0.39, 0.29) is 0 Å². The molecule has 0 saturated heterocycles. The van der Waals surface area contributed by atoms with Crippen LogP contribution in [-0.4, -0.2) is 18.5 Å². The van der Waals surface area contributed by atoms with Gasteiger partial charge in [-0.25, -0.2) is 0 Å².